The first-order chi connectivity index (χ1) is 11.9. The number of aromatic nitrogens is 5. The van der Waals surface area contributed by atoms with Crippen LogP contribution in [0.4, 0.5) is 0 Å². The lowest BCUT2D eigenvalue weighted by Gasteiger charge is -2.00. The molecular formula is C18H14N6. The van der Waals surface area contributed by atoms with Crippen molar-refractivity contribution in [1.82, 2.24) is 25.1 Å². The van der Waals surface area contributed by atoms with E-state index in [2.05, 4.69) is 43.4 Å². The summed E-state index contributed by atoms with van der Waals surface area (Å²) in [5.41, 5.74) is 5.54. The molecule has 6 heteroatoms. The minimum atomic E-state index is 0.737. The largest absolute Gasteiger partial charge is 0.335 e. The Bertz CT molecular complexity index is 1150. The fourth-order valence-electron chi connectivity index (χ4n) is 3.10. The first-order valence-corrected chi connectivity index (χ1v) is 7.89. The Morgan fingerprint density at radius 3 is 2.88 bits per heavy atom. The average molecular weight is 314 g/mol. The van der Waals surface area contributed by atoms with Crippen molar-refractivity contribution in [2.45, 2.75) is 6.42 Å². The van der Waals surface area contributed by atoms with Crippen LogP contribution in [0.25, 0.3) is 39.8 Å². The second-order valence-electron chi connectivity index (χ2n) is 5.74. The maximum atomic E-state index is 4.80. The molecular weight excluding hydrogens is 300 g/mol. The lowest BCUT2D eigenvalue weighted by Crippen LogP contribution is -2.27. The molecule has 0 amide bonds. The van der Waals surface area contributed by atoms with Gasteiger partial charge >= 0.3 is 0 Å². The monoisotopic (exact) mass is 314 g/mol. The van der Waals surface area contributed by atoms with E-state index < -0.39 is 0 Å². The van der Waals surface area contributed by atoms with Crippen molar-refractivity contribution in [1.29, 1.82) is 0 Å². The molecule has 0 unspecified atom stereocenters. The smallest absolute Gasteiger partial charge is 0.159 e. The average Bonchev–Trinajstić information content (AvgIpc) is 3.25. The normalized spacial score (nSPS) is 13.3. The first-order valence-electron chi connectivity index (χ1n) is 7.89. The molecule has 5 rings (SSSR count). The van der Waals surface area contributed by atoms with Crippen LogP contribution in [0.3, 0.4) is 0 Å². The fourth-order valence-corrected chi connectivity index (χ4v) is 3.10. The number of pyridine rings is 1. The minimum absolute atomic E-state index is 0.737. The molecule has 0 fully saturated rings. The molecule has 0 atom stereocenters. The summed E-state index contributed by atoms with van der Waals surface area (Å²) in [7, 11) is 0. The number of benzene rings is 1. The molecule has 3 aromatic heterocycles. The second kappa shape index (κ2) is 5.13. The van der Waals surface area contributed by atoms with Gasteiger partial charge in [-0.3, -0.25) is 15.1 Å². The van der Waals surface area contributed by atoms with Gasteiger partial charge in [0.25, 0.3) is 0 Å². The van der Waals surface area contributed by atoms with Crippen LogP contribution in [0.1, 0.15) is 6.42 Å². The van der Waals surface area contributed by atoms with E-state index in [9.17, 15) is 0 Å². The summed E-state index contributed by atoms with van der Waals surface area (Å²) in [6, 6.07) is 10.2. The van der Waals surface area contributed by atoms with Gasteiger partial charge in [-0.05, 0) is 12.0 Å². The molecule has 1 aliphatic rings. The Kier molecular flexibility index (Phi) is 2.82. The highest BCUT2D eigenvalue weighted by Crippen LogP contribution is 2.27. The molecule has 116 valence electrons. The van der Waals surface area contributed by atoms with Gasteiger partial charge in [-0.2, -0.15) is 5.10 Å². The van der Waals surface area contributed by atoms with Gasteiger partial charge < -0.3 is 4.98 Å². The molecule has 0 saturated heterocycles. The molecule has 2 N–H and O–H groups in total. The number of H-pyrrole nitrogens is 2. The second-order valence-corrected chi connectivity index (χ2v) is 5.74. The van der Waals surface area contributed by atoms with E-state index in [0.29, 0.717) is 0 Å². The number of aromatic amines is 2. The third kappa shape index (κ3) is 1.96. The van der Waals surface area contributed by atoms with E-state index in [0.717, 1.165) is 57.4 Å². The standard InChI is InChI=1S/C18H14N6/c1-2-5-11(6-3-1)13-9-19-10-14-15(13)22-18(21-14)16-12-7-4-8-20-17(12)24-23-16/h1-3,5-7,9-10H,4,8H2,(H,20,24)(H,21,22). The van der Waals surface area contributed by atoms with Crippen molar-refractivity contribution >= 4 is 17.1 Å². The summed E-state index contributed by atoms with van der Waals surface area (Å²) in [6.07, 6.45) is 6.73. The van der Waals surface area contributed by atoms with Crippen molar-refractivity contribution in [3.05, 3.63) is 53.4 Å². The first kappa shape index (κ1) is 13.2. The van der Waals surface area contributed by atoms with Gasteiger partial charge in [-0.25, -0.2) is 4.98 Å². The van der Waals surface area contributed by atoms with Crippen LogP contribution in [-0.4, -0.2) is 31.7 Å². The van der Waals surface area contributed by atoms with Crippen molar-refractivity contribution in [2.24, 2.45) is 4.99 Å². The molecule has 0 bridgehead atoms. The Labute approximate surface area is 137 Å². The predicted molar refractivity (Wildman–Crippen MR) is 91.6 cm³/mol. The summed E-state index contributed by atoms with van der Waals surface area (Å²) < 4.78 is 0. The van der Waals surface area contributed by atoms with E-state index in [4.69, 9.17) is 4.98 Å². The van der Waals surface area contributed by atoms with Gasteiger partial charge in [0.15, 0.2) is 11.3 Å². The Morgan fingerprint density at radius 1 is 1.04 bits per heavy atom. The fraction of sp³-hybridized carbons (Fsp3) is 0.111. The molecule has 1 aromatic carbocycles. The van der Waals surface area contributed by atoms with Crippen molar-refractivity contribution in [2.75, 3.05) is 6.54 Å². The summed E-state index contributed by atoms with van der Waals surface area (Å²) in [4.78, 5) is 16.9. The predicted octanol–water partition coefficient (Wildman–Crippen LogP) is 1.82. The van der Waals surface area contributed by atoms with E-state index in [1.807, 2.05) is 24.4 Å². The zero-order chi connectivity index (χ0) is 15.9. The molecule has 6 nitrogen and oxygen atoms in total. The van der Waals surface area contributed by atoms with Crippen LogP contribution in [0.2, 0.25) is 0 Å². The van der Waals surface area contributed by atoms with E-state index >= 15 is 0 Å². The Balaban J connectivity index is 1.75. The van der Waals surface area contributed by atoms with Crippen molar-refractivity contribution in [3.8, 4) is 22.6 Å². The molecule has 0 aliphatic carbocycles. The molecule has 0 saturated carbocycles. The van der Waals surface area contributed by atoms with Gasteiger partial charge in [0.1, 0.15) is 5.69 Å². The highest BCUT2D eigenvalue weighted by Gasteiger charge is 2.15. The molecule has 4 aromatic rings. The van der Waals surface area contributed by atoms with Gasteiger partial charge in [-0.15, -0.1) is 0 Å². The summed E-state index contributed by atoms with van der Waals surface area (Å²) >= 11 is 0. The lowest BCUT2D eigenvalue weighted by atomic mass is 10.1. The number of imidazole rings is 1. The number of rotatable bonds is 2. The molecule has 4 heterocycles. The van der Waals surface area contributed by atoms with Crippen LogP contribution in [0.15, 0.2) is 47.7 Å². The highest BCUT2D eigenvalue weighted by atomic mass is 15.2. The van der Waals surface area contributed by atoms with Crippen LogP contribution < -0.4 is 10.7 Å². The quantitative estimate of drug-likeness (QED) is 0.592. The van der Waals surface area contributed by atoms with E-state index in [1.54, 1.807) is 6.20 Å². The third-order valence-electron chi connectivity index (χ3n) is 4.23. The van der Waals surface area contributed by atoms with Gasteiger partial charge in [0.2, 0.25) is 0 Å². The molecule has 0 spiro atoms. The zero-order valence-corrected chi connectivity index (χ0v) is 12.8. The number of nitrogens with one attached hydrogen (secondary N) is 2. The maximum Gasteiger partial charge on any atom is 0.159 e. The van der Waals surface area contributed by atoms with E-state index in [-0.39, 0.29) is 0 Å². The summed E-state index contributed by atoms with van der Waals surface area (Å²) in [5, 5.41) is 8.42. The summed E-state index contributed by atoms with van der Waals surface area (Å²) in [5.74, 6) is 0.737. The zero-order valence-electron chi connectivity index (χ0n) is 12.8. The topological polar surface area (TPSA) is 82.6 Å². The number of fused-ring (bicyclic) bond motifs is 2. The van der Waals surface area contributed by atoms with Gasteiger partial charge in [0.05, 0.1) is 17.2 Å². The molecule has 1 aliphatic heterocycles. The van der Waals surface area contributed by atoms with Crippen LogP contribution in [0, 0.1) is 0 Å². The van der Waals surface area contributed by atoms with Crippen molar-refractivity contribution < 1.29 is 0 Å². The van der Waals surface area contributed by atoms with Crippen LogP contribution >= 0.6 is 0 Å². The minimum Gasteiger partial charge on any atom is -0.335 e. The van der Waals surface area contributed by atoms with Gasteiger partial charge in [0, 0.05) is 23.5 Å². The number of nitrogens with zero attached hydrogens (tertiary/aromatic N) is 4. The van der Waals surface area contributed by atoms with Crippen molar-refractivity contribution in [3.63, 3.8) is 0 Å². The highest BCUT2D eigenvalue weighted by molar-refractivity contribution is 5.92. The molecule has 24 heavy (non-hydrogen) atoms. The lowest BCUT2D eigenvalue weighted by molar-refractivity contribution is 0.911. The van der Waals surface area contributed by atoms with Crippen LogP contribution in [0.5, 0.6) is 0 Å². The third-order valence-corrected chi connectivity index (χ3v) is 4.23. The van der Waals surface area contributed by atoms with Gasteiger partial charge in [-0.1, -0.05) is 36.4 Å². The maximum absolute atomic E-state index is 4.80. The number of hydrogen-bond donors (Lipinski definition) is 2. The Hall–Kier alpha value is -3.28. The SMILES string of the molecule is C1=c2c(-c3nc4c(-c5ccccc5)cncc4[nH]3)n[nH]c2=NCC1. The molecule has 0 radical (unpaired) electrons. The van der Waals surface area contributed by atoms with Crippen LogP contribution in [-0.2, 0) is 0 Å². The number of hydrogen-bond acceptors (Lipinski definition) is 4. The summed E-state index contributed by atoms with van der Waals surface area (Å²) in [6.45, 7) is 0.802. The Morgan fingerprint density at radius 2 is 1.96 bits per heavy atom. The van der Waals surface area contributed by atoms with E-state index in [1.165, 1.54) is 0 Å².